The number of esters is 1. The second-order valence-corrected chi connectivity index (χ2v) is 7.00. The number of benzene rings is 1. The summed E-state index contributed by atoms with van der Waals surface area (Å²) in [5.74, 6) is -0.255. The molecule has 1 N–H and O–H groups in total. The zero-order valence-corrected chi connectivity index (χ0v) is 15.1. The van der Waals surface area contributed by atoms with Gasteiger partial charge in [0, 0.05) is 12.1 Å². The van der Waals surface area contributed by atoms with Gasteiger partial charge in [-0.15, -0.1) is 0 Å². The predicted octanol–water partition coefficient (Wildman–Crippen LogP) is 3.44. The minimum Gasteiger partial charge on any atom is -0.458 e. The van der Waals surface area contributed by atoms with Gasteiger partial charge in [-0.2, -0.15) is 0 Å². The van der Waals surface area contributed by atoms with E-state index in [1.165, 1.54) is 24.3 Å². The minimum atomic E-state index is -0.843. The number of non-ortho nitro benzene ring substituents is 1. The third kappa shape index (κ3) is 7.65. The van der Waals surface area contributed by atoms with E-state index in [9.17, 15) is 19.7 Å². The number of hydrogen-bond acceptors (Lipinski definition) is 6. The Hall–Kier alpha value is -2.64. The van der Waals surface area contributed by atoms with E-state index < -0.39 is 28.6 Å². The minimum absolute atomic E-state index is 0.112. The molecule has 0 heterocycles. The molecule has 0 saturated heterocycles. The molecular weight excluding hydrogens is 328 g/mol. The van der Waals surface area contributed by atoms with Crippen molar-refractivity contribution in [2.75, 3.05) is 0 Å². The van der Waals surface area contributed by atoms with Crippen molar-refractivity contribution in [3.63, 3.8) is 0 Å². The molecule has 0 aliphatic carbocycles. The van der Waals surface area contributed by atoms with Crippen LogP contribution in [0.5, 0.6) is 5.75 Å². The summed E-state index contributed by atoms with van der Waals surface area (Å²) in [6, 6.07) is 4.22. The van der Waals surface area contributed by atoms with E-state index >= 15 is 0 Å². The summed E-state index contributed by atoms with van der Waals surface area (Å²) in [6.07, 6.45) is -0.435. The largest absolute Gasteiger partial charge is 0.458 e. The fourth-order valence-electron chi connectivity index (χ4n) is 1.97. The SMILES string of the molecule is CC(C)C[C@H](NC(=O)Oc1ccc([N+](=O)[O-])cc1)C(=O)OC(C)(C)C. The van der Waals surface area contributed by atoms with Gasteiger partial charge in [0.1, 0.15) is 17.4 Å². The maximum absolute atomic E-state index is 12.2. The van der Waals surface area contributed by atoms with E-state index in [-0.39, 0.29) is 17.4 Å². The lowest BCUT2D eigenvalue weighted by atomic mass is 10.0. The number of carbonyl (C=O) groups excluding carboxylic acids is 2. The number of nitrogens with zero attached hydrogens (tertiary/aromatic N) is 1. The van der Waals surface area contributed by atoms with Crippen LogP contribution in [0.3, 0.4) is 0 Å². The predicted molar refractivity (Wildman–Crippen MR) is 91.3 cm³/mol. The molecule has 1 amide bonds. The average Bonchev–Trinajstić information content (AvgIpc) is 2.44. The molecule has 25 heavy (non-hydrogen) atoms. The fraction of sp³-hybridized carbons (Fsp3) is 0.529. The van der Waals surface area contributed by atoms with E-state index in [0.29, 0.717) is 6.42 Å². The van der Waals surface area contributed by atoms with Crippen molar-refractivity contribution in [1.29, 1.82) is 0 Å². The number of amides is 1. The molecule has 0 radical (unpaired) electrons. The molecule has 0 bridgehead atoms. The van der Waals surface area contributed by atoms with Gasteiger partial charge in [-0.3, -0.25) is 10.1 Å². The van der Waals surface area contributed by atoms with Gasteiger partial charge in [0.15, 0.2) is 0 Å². The lowest BCUT2D eigenvalue weighted by Gasteiger charge is -2.25. The Balaban J connectivity index is 2.73. The lowest BCUT2D eigenvalue weighted by molar-refractivity contribution is -0.384. The Morgan fingerprint density at radius 1 is 1.20 bits per heavy atom. The number of nitro groups is 1. The van der Waals surface area contributed by atoms with E-state index in [1.807, 2.05) is 13.8 Å². The third-order valence-electron chi connectivity index (χ3n) is 2.95. The standard InChI is InChI=1S/C17H24N2O6/c1-11(2)10-14(15(20)25-17(3,4)5)18-16(21)24-13-8-6-12(7-9-13)19(22)23/h6-9,11,14H,10H2,1-5H3,(H,18,21)/t14-/m0/s1. The van der Waals surface area contributed by atoms with Crippen LogP contribution in [-0.2, 0) is 9.53 Å². The van der Waals surface area contributed by atoms with Gasteiger partial charge in [-0.1, -0.05) is 13.8 Å². The van der Waals surface area contributed by atoms with Crippen LogP contribution in [0.25, 0.3) is 0 Å². The Labute approximate surface area is 146 Å². The number of ether oxygens (including phenoxy) is 2. The van der Waals surface area contributed by atoms with Crippen molar-refractivity contribution in [2.24, 2.45) is 5.92 Å². The first-order valence-corrected chi connectivity index (χ1v) is 7.93. The summed E-state index contributed by atoms with van der Waals surface area (Å²) < 4.78 is 10.4. The highest BCUT2D eigenvalue weighted by atomic mass is 16.6. The summed E-state index contributed by atoms with van der Waals surface area (Å²) in [7, 11) is 0. The van der Waals surface area contributed by atoms with Crippen molar-refractivity contribution < 1.29 is 24.0 Å². The summed E-state index contributed by atoms with van der Waals surface area (Å²) in [5.41, 5.74) is -0.782. The van der Waals surface area contributed by atoms with Gasteiger partial charge < -0.3 is 14.8 Å². The molecule has 0 fully saturated rings. The van der Waals surface area contributed by atoms with Crippen molar-refractivity contribution >= 4 is 17.7 Å². The lowest BCUT2D eigenvalue weighted by Crippen LogP contribution is -2.45. The third-order valence-corrected chi connectivity index (χ3v) is 2.95. The van der Waals surface area contributed by atoms with E-state index in [1.54, 1.807) is 20.8 Å². The van der Waals surface area contributed by atoms with Crippen molar-refractivity contribution in [3.8, 4) is 5.75 Å². The maximum Gasteiger partial charge on any atom is 0.413 e. The maximum atomic E-state index is 12.2. The quantitative estimate of drug-likeness (QED) is 0.477. The summed E-state index contributed by atoms with van der Waals surface area (Å²) in [5, 5.41) is 13.1. The number of rotatable bonds is 6. The molecule has 0 aliphatic rings. The van der Waals surface area contributed by atoms with E-state index in [0.717, 1.165) is 0 Å². The molecule has 0 unspecified atom stereocenters. The molecule has 138 valence electrons. The summed E-state index contributed by atoms with van der Waals surface area (Å²) in [6.45, 7) is 9.06. The molecule has 0 saturated carbocycles. The number of nitro benzene ring substituents is 1. The van der Waals surface area contributed by atoms with Crippen molar-refractivity contribution in [3.05, 3.63) is 34.4 Å². The van der Waals surface area contributed by atoms with Crippen LogP contribution in [0.4, 0.5) is 10.5 Å². The molecule has 8 nitrogen and oxygen atoms in total. The second kappa shape index (κ2) is 8.46. The zero-order chi connectivity index (χ0) is 19.2. The van der Waals surface area contributed by atoms with Crippen molar-refractivity contribution in [1.82, 2.24) is 5.32 Å². The van der Waals surface area contributed by atoms with E-state index in [2.05, 4.69) is 5.32 Å². The smallest absolute Gasteiger partial charge is 0.413 e. The monoisotopic (exact) mass is 352 g/mol. The molecule has 8 heteroatoms. The molecular formula is C17H24N2O6. The highest BCUT2D eigenvalue weighted by Crippen LogP contribution is 2.18. The molecule has 0 aromatic heterocycles. The average molecular weight is 352 g/mol. The molecule has 1 rings (SSSR count). The molecule has 1 aromatic carbocycles. The van der Waals surface area contributed by atoms with Crippen LogP contribution in [-0.4, -0.2) is 28.6 Å². The van der Waals surface area contributed by atoms with Crippen LogP contribution in [0.1, 0.15) is 41.0 Å². The summed E-state index contributed by atoms with van der Waals surface area (Å²) in [4.78, 5) is 34.3. The first kappa shape index (κ1) is 20.4. The molecule has 0 spiro atoms. The van der Waals surface area contributed by atoms with Gasteiger partial charge >= 0.3 is 12.1 Å². The van der Waals surface area contributed by atoms with Gasteiger partial charge in [0.2, 0.25) is 0 Å². The van der Waals surface area contributed by atoms with Gasteiger partial charge in [0.25, 0.3) is 5.69 Å². The molecule has 0 aliphatic heterocycles. The van der Waals surface area contributed by atoms with Gasteiger partial charge in [-0.25, -0.2) is 9.59 Å². The first-order valence-electron chi connectivity index (χ1n) is 7.93. The Morgan fingerprint density at radius 2 is 1.76 bits per heavy atom. The first-order chi connectivity index (χ1) is 11.5. The Kier molecular flexibility index (Phi) is 6.90. The van der Waals surface area contributed by atoms with Gasteiger partial charge in [-0.05, 0) is 45.2 Å². The number of hydrogen-bond donors (Lipinski definition) is 1. The van der Waals surface area contributed by atoms with Crippen LogP contribution in [0.15, 0.2) is 24.3 Å². The fourth-order valence-corrected chi connectivity index (χ4v) is 1.97. The molecule has 1 atom stereocenters. The van der Waals surface area contributed by atoms with Gasteiger partial charge in [0.05, 0.1) is 4.92 Å². The normalized spacial score (nSPS) is 12.4. The molecule has 1 aromatic rings. The highest BCUT2D eigenvalue weighted by Gasteiger charge is 2.28. The Bertz CT molecular complexity index is 619. The highest BCUT2D eigenvalue weighted by molar-refractivity contribution is 5.82. The second-order valence-electron chi connectivity index (χ2n) is 7.00. The van der Waals surface area contributed by atoms with Crippen LogP contribution in [0.2, 0.25) is 0 Å². The number of nitrogens with one attached hydrogen (secondary N) is 1. The number of carbonyl (C=O) groups is 2. The summed E-state index contributed by atoms with van der Waals surface area (Å²) >= 11 is 0. The van der Waals surface area contributed by atoms with Crippen LogP contribution >= 0.6 is 0 Å². The Morgan fingerprint density at radius 3 is 2.20 bits per heavy atom. The van der Waals surface area contributed by atoms with Crippen molar-refractivity contribution in [2.45, 2.75) is 52.7 Å². The van der Waals surface area contributed by atoms with E-state index in [4.69, 9.17) is 9.47 Å². The zero-order valence-electron chi connectivity index (χ0n) is 15.1. The van der Waals surface area contributed by atoms with Crippen LogP contribution < -0.4 is 10.1 Å². The van der Waals surface area contributed by atoms with Crippen LogP contribution in [0, 0.1) is 16.0 Å². The topological polar surface area (TPSA) is 108 Å².